The van der Waals surface area contributed by atoms with Crippen molar-refractivity contribution in [1.29, 1.82) is 0 Å². The van der Waals surface area contributed by atoms with Gasteiger partial charge in [-0.25, -0.2) is 0 Å². The van der Waals surface area contributed by atoms with Gasteiger partial charge in [0.25, 0.3) is 16.5 Å². The standard InChI is InChI=1S/C15H14N2O3.C8H11NO2.C7H4ClNO/c1-9-8-13(14(18)17(3)10(9)2)20-15-16-11-6-4-5-7-12(11)19-15;1-5-4-7(10)8(11)9(3)6(5)2;8-7-9-5-3-1-2-4-6(5)10-7/h4-8H,1-3H3;4,10H,1-3H3;1-4H. The smallest absolute Gasteiger partial charge is 0.400 e. The van der Waals surface area contributed by atoms with Crippen LogP contribution in [0, 0.1) is 27.7 Å². The van der Waals surface area contributed by atoms with Crippen LogP contribution in [0.4, 0.5) is 0 Å². The Bertz CT molecular complexity index is 1900. The van der Waals surface area contributed by atoms with Crippen LogP contribution in [0.1, 0.15) is 22.5 Å². The summed E-state index contributed by atoms with van der Waals surface area (Å²) in [5.74, 6) is 0.0257. The lowest BCUT2D eigenvalue weighted by Crippen LogP contribution is -2.21. The third-order valence-electron chi connectivity index (χ3n) is 6.63. The highest BCUT2D eigenvalue weighted by molar-refractivity contribution is 6.28. The second-order valence-electron chi connectivity index (χ2n) is 9.29. The highest BCUT2D eigenvalue weighted by Gasteiger charge is 2.13. The zero-order valence-corrected chi connectivity index (χ0v) is 24.2. The van der Waals surface area contributed by atoms with Gasteiger partial charge in [0.1, 0.15) is 11.0 Å². The molecule has 0 aliphatic carbocycles. The molecule has 0 unspecified atom stereocenters. The molecule has 0 aliphatic heterocycles. The van der Waals surface area contributed by atoms with Crippen LogP contribution in [-0.2, 0) is 14.1 Å². The van der Waals surface area contributed by atoms with Crippen LogP contribution in [0.2, 0.25) is 5.35 Å². The third-order valence-corrected chi connectivity index (χ3v) is 6.79. The maximum Gasteiger partial charge on any atom is 0.400 e. The molecule has 11 heteroatoms. The van der Waals surface area contributed by atoms with Gasteiger partial charge in [-0.1, -0.05) is 24.3 Å². The Balaban J connectivity index is 0.000000156. The lowest BCUT2D eigenvalue weighted by atomic mass is 10.2. The lowest BCUT2D eigenvalue weighted by molar-refractivity contribution is 0.337. The Morgan fingerprint density at radius 2 is 1.27 bits per heavy atom. The molecule has 4 aromatic heterocycles. The van der Waals surface area contributed by atoms with E-state index in [1.54, 1.807) is 30.8 Å². The largest absolute Gasteiger partial charge is 0.503 e. The van der Waals surface area contributed by atoms with Crippen LogP contribution < -0.4 is 15.9 Å². The monoisotopic (exact) mass is 576 g/mol. The fraction of sp³-hybridized carbons (Fsp3) is 0.200. The summed E-state index contributed by atoms with van der Waals surface area (Å²) in [6.45, 7) is 7.51. The summed E-state index contributed by atoms with van der Waals surface area (Å²) < 4.78 is 19.0. The quantitative estimate of drug-likeness (QED) is 0.261. The molecule has 10 nitrogen and oxygen atoms in total. The van der Waals surface area contributed by atoms with Gasteiger partial charge in [-0.2, -0.15) is 9.97 Å². The van der Waals surface area contributed by atoms with Gasteiger partial charge in [-0.15, -0.1) is 0 Å². The Hall–Kier alpha value is -4.83. The van der Waals surface area contributed by atoms with Crippen molar-refractivity contribution in [3.63, 3.8) is 0 Å². The number of benzene rings is 2. The molecule has 6 aromatic rings. The number of aryl methyl sites for hydroxylation is 2. The Morgan fingerprint density at radius 3 is 1.85 bits per heavy atom. The number of halogens is 1. The van der Waals surface area contributed by atoms with E-state index in [1.165, 1.54) is 10.6 Å². The van der Waals surface area contributed by atoms with Gasteiger partial charge in [0.15, 0.2) is 22.7 Å². The van der Waals surface area contributed by atoms with Crippen LogP contribution in [0.25, 0.3) is 22.2 Å². The number of oxazole rings is 2. The van der Waals surface area contributed by atoms with E-state index in [0.717, 1.165) is 33.6 Å². The Labute approximate surface area is 240 Å². The molecule has 6 rings (SSSR count). The normalized spacial score (nSPS) is 10.6. The zero-order chi connectivity index (χ0) is 29.8. The summed E-state index contributed by atoms with van der Waals surface area (Å²) in [6.07, 6.45) is 0.0755. The number of hydrogen-bond acceptors (Lipinski definition) is 8. The van der Waals surface area contributed by atoms with Crippen molar-refractivity contribution in [2.45, 2.75) is 27.7 Å². The van der Waals surface area contributed by atoms with Crippen LogP contribution in [0.15, 0.2) is 79.1 Å². The minimum absolute atomic E-state index is 0.0755. The fourth-order valence-electron chi connectivity index (χ4n) is 3.81. The van der Waals surface area contributed by atoms with Crippen LogP contribution in [0.5, 0.6) is 17.6 Å². The number of para-hydroxylation sites is 4. The first-order valence-electron chi connectivity index (χ1n) is 12.5. The lowest BCUT2D eigenvalue weighted by Gasteiger charge is -2.09. The molecule has 2 aromatic carbocycles. The number of ether oxygens (including phenoxy) is 1. The molecule has 0 saturated carbocycles. The van der Waals surface area contributed by atoms with E-state index in [4.69, 9.17) is 30.3 Å². The number of nitrogens with zero attached hydrogens (tertiary/aromatic N) is 4. The topological polar surface area (TPSA) is 126 Å². The summed E-state index contributed by atoms with van der Waals surface area (Å²) in [5.41, 5.74) is 5.98. The van der Waals surface area contributed by atoms with Crippen molar-refractivity contribution < 1.29 is 18.7 Å². The van der Waals surface area contributed by atoms with Crippen molar-refractivity contribution in [2.75, 3.05) is 0 Å². The highest BCUT2D eigenvalue weighted by Crippen LogP contribution is 2.24. The van der Waals surface area contributed by atoms with Gasteiger partial charge in [0, 0.05) is 25.5 Å². The highest BCUT2D eigenvalue weighted by atomic mass is 35.5. The van der Waals surface area contributed by atoms with E-state index in [2.05, 4.69) is 9.97 Å². The van der Waals surface area contributed by atoms with Gasteiger partial charge in [0.05, 0.1) is 0 Å². The molecule has 0 bridgehead atoms. The van der Waals surface area contributed by atoms with E-state index in [0.29, 0.717) is 11.1 Å². The second kappa shape index (κ2) is 12.1. The average Bonchev–Trinajstić information content (AvgIpc) is 3.55. The van der Waals surface area contributed by atoms with Gasteiger partial charge >= 0.3 is 6.08 Å². The third kappa shape index (κ3) is 6.50. The molecule has 212 valence electrons. The Kier molecular flexibility index (Phi) is 8.63. The van der Waals surface area contributed by atoms with E-state index < -0.39 is 0 Å². The van der Waals surface area contributed by atoms with Crippen LogP contribution in [-0.4, -0.2) is 24.2 Å². The molecule has 0 atom stereocenters. The molecule has 1 N–H and O–H groups in total. The minimum Gasteiger partial charge on any atom is -0.503 e. The molecule has 4 heterocycles. The SMILES string of the molecule is Cc1cc(O)c(=O)n(C)c1C.Cc1cc(Oc2nc3ccccc3o2)c(=O)n(C)c1C.Clc1nc2ccccc2o1. The maximum absolute atomic E-state index is 12.1. The number of aromatic hydroxyl groups is 1. The molecule has 0 radical (unpaired) electrons. The predicted octanol–water partition coefficient (Wildman–Crippen LogP) is 6.12. The first-order chi connectivity index (χ1) is 19.5. The van der Waals surface area contributed by atoms with Crippen molar-refractivity contribution in [3.05, 3.63) is 109 Å². The van der Waals surface area contributed by atoms with Gasteiger partial charge in [-0.3, -0.25) is 9.59 Å². The average molecular weight is 577 g/mol. The van der Waals surface area contributed by atoms with Crippen molar-refractivity contribution >= 4 is 33.8 Å². The van der Waals surface area contributed by atoms with Crippen molar-refractivity contribution in [2.24, 2.45) is 14.1 Å². The predicted molar refractivity (Wildman–Crippen MR) is 157 cm³/mol. The fourth-order valence-corrected chi connectivity index (χ4v) is 3.99. The van der Waals surface area contributed by atoms with E-state index in [1.807, 2.05) is 70.2 Å². The van der Waals surface area contributed by atoms with E-state index in [9.17, 15) is 9.59 Å². The summed E-state index contributed by atoms with van der Waals surface area (Å²) in [6, 6.07) is 18.0. The number of pyridine rings is 2. The maximum atomic E-state index is 12.1. The number of hydrogen-bond donors (Lipinski definition) is 1. The molecule has 0 spiro atoms. The van der Waals surface area contributed by atoms with E-state index >= 15 is 0 Å². The summed E-state index contributed by atoms with van der Waals surface area (Å²) in [4.78, 5) is 31.3. The molecular formula is C30H29ClN4O6. The molecule has 0 fully saturated rings. The van der Waals surface area contributed by atoms with Gasteiger partial charge in [0.2, 0.25) is 0 Å². The summed E-state index contributed by atoms with van der Waals surface area (Å²) in [5, 5.41) is 9.27. The van der Waals surface area contributed by atoms with Gasteiger partial charge in [-0.05, 0) is 86.8 Å². The summed E-state index contributed by atoms with van der Waals surface area (Å²) in [7, 11) is 3.36. The van der Waals surface area contributed by atoms with Crippen LogP contribution in [0.3, 0.4) is 0 Å². The van der Waals surface area contributed by atoms with Crippen molar-refractivity contribution in [3.8, 4) is 17.6 Å². The molecule has 41 heavy (non-hydrogen) atoms. The van der Waals surface area contributed by atoms with Crippen LogP contribution >= 0.6 is 11.6 Å². The minimum atomic E-state index is -0.340. The molecule has 0 aliphatic rings. The molecule has 0 amide bonds. The first-order valence-corrected chi connectivity index (χ1v) is 12.9. The number of aromatic nitrogens is 4. The molecular weight excluding hydrogens is 548 g/mol. The van der Waals surface area contributed by atoms with Gasteiger partial charge < -0.3 is 27.8 Å². The van der Waals surface area contributed by atoms with Crippen molar-refractivity contribution in [1.82, 2.24) is 19.1 Å². The summed E-state index contributed by atoms with van der Waals surface area (Å²) >= 11 is 5.51. The number of fused-ring (bicyclic) bond motifs is 2. The second-order valence-corrected chi connectivity index (χ2v) is 9.61. The number of rotatable bonds is 2. The Morgan fingerprint density at radius 1 is 0.756 bits per heavy atom. The first kappa shape index (κ1) is 29.2. The van der Waals surface area contributed by atoms with E-state index in [-0.39, 0.29) is 34.0 Å². The molecule has 0 saturated heterocycles. The zero-order valence-electron chi connectivity index (χ0n) is 23.4.